The molecule has 0 aromatic heterocycles. The number of rotatable bonds is 5. The van der Waals surface area contributed by atoms with Crippen molar-refractivity contribution in [2.75, 3.05) is 5.75 Å². The van der Waals surface area contributed by atoms with E-state index in [0.29, 0.717) is 16.1 Å². The van der Waals surface area contributed by atoms with E-state index in [1.807, 2.05) is 19.1 Å². The molecule has 0 heterocycles. The Hall–Kier alpha value is -1.36. The van der Waals surface area contributed by atoms with Gasteiger partial charge in [-0.25, -0.2) is 8.42 Å². The Balaban J connectivity index is 2.16. The summed E-state index contributed by atoms with van der Waals surface area (Å²) in [7, 11) is -3.46. The van der Waals surface area contributed by atoms with Gasteiger partial charge in [0.2, 0.25) is 0 Å². The molecule has 0 bridgehead atoms. The normalized spacial score (nSPS) is 14.5. The molecule has 0 fully saturated rings. The van der Waals surface area contributed by atoms with E-state index >= 15 is 0 Å². The Bertz CT molecular complexity index is 732. The fraction of sp³-hybridized carbons (Fsp3) is 0.294. The van der Waals surface area contributed by atoms with Crippen LogP contribution in [0, 0.1) is 6.92 Å². The lowest BCUT2D eigenvalue weighted by Crippen LogP contribution is -2.31. The van der Waals surface area contributed by atoms with Crippen molar-refractivity contribution in [1.82, 2.24) is 0 Å². The van der Waals surface area contributed by atoms with Gasteiger partial charge in [0.05, 0.1) is 11.5 Å². The van der Waals surface area contributed by atoms with Crippen LogP contribution in [-0.4, -0.2) is 19.3 Å². The first-order chi connectivity index (χ1) is 10.2. The Morgan fingerprint density at radius 2 is 1.59 bits per heavy atom. The summed E-state index contributed by atoms with van der Waals surface area (Å²) in [5.41, 5.74) is 0.893. The van der Waals surface area contributed by atoms with Crippen molar-refractivity contribution in [3.05, 3.63) is 70.2 Å². The van der Waals surface area contributed by atoms with Gasteiger partial charge in [0.25, 0.3) is 0 Å². The molecule has 0 radical (unpaired) electrons. The summed E-state index contributed by atoms with van der Waals surface area (Å²) in [4.78, 5) is 0. The van der Waals surface area contributed by atoms with Crippen molar-refractivity contribution in [3.8, 4) is 0 Å². The van der Waals surface area contributed by atoms with Crippen LogP contribution in [0.1, 0.15) is 23.6 Å². The summed E-state index contributed by atoms with van der Waals surface area (Å²) < 4.78 is 24.7. The number of aryl methyl sites for hydroxylation is 1. The third-order valence-corrected chi connectivity index (χ3v) is 5.50. The van der Waals surface area contributed by atoms with Gasteiger partial charge < -0.3 is 5.11 Å². The highest BCUT2D eigenvalue weighted by molar-refractivity contribution is 7.90. The van der Waals surface area contributed by atoms with E-state index in [-0.39, 0.29) is 11.5 Å². The molecule has 118 valence electrons. The number of halogens is 1. The van der Waals surface area contributed by atoms with Crippen LogP contribution < -0.4 is 0 Å². The number of sulfone groups is 1. The first-order valence-electron chi connectivity index (χ1n) is 6.92. The monoisotopic (exact) mass is 338 g/mol. The molecule has 2 aromatic rings. The lowest BCUT2D eigenvalue weighted by Gasteiger charge is -2.24. The molecule has 0 aliphatic heterocycles. The predicted octanol–water partition coefficient (Wildman–Crippen LogP) is 3.47. The summed E-state index contributed by atoms with van der Waals surface area (Å²) in [5, 5.41) is 11.1. The van der Waals surface area contributed by atoms with Crippen LogP contribution in [0.2, 0.25) is 5.02 Å². The van der Waals surface area contributed by atoms with Crippen molar-refractivity contribution < 1.29 is 13.5 Å². The van der Waals surface area contributed by atoms with Crippen LogP contribution >= 0.6 is 11.6 Å². The van der Waals surface area contributed by atoms with Gasteiger partial charge in [0.15, 0.2) is 9.84 Å². The molecule has 1 atom stereocenters. The number of benzene rings is 2. The van der Waals surface area contributed by atoms with Gasteiger partial charge in [-0.05, 0) is 37.1 Å². The Kier molecular flexibility index (Phi) is 4.95. The molecule has 1 N–H and O–H groups in total. The first kappa shape index (κ1) is 17.0. The van der Waals surface area contributed by atoms with Gasteiger partial charge in [-0.3, -0.25) is 0 Å². The maximum absolute atomic E-state index is 12.3. The smallest absolute Gasteiger partial charge is 0.157 e. The van der Waals surface area contributed by atoms with Crippen LogP contribution in [0.3, 0.4) is 0 Å². The molecular formula is C17H19ClO3S. The van der Waals surface area contributed by atoms with Crippen LogP contribution in [0.5, 0.6) is 0 Å². The minimum Gasteiger partial charge on any atom is -0.384 e. The average molecular weight is 339 g/mol. The zero-order valence-electron chi connectivity index (χ0n) is 12.6. The quantitative estimate of drug-likeness (QED) is 0.908. The molecule has 0 amide bonds. The van der Waals surface area contributed by atoms with Gasteiger partial charge in [-0.15, -0.1) is 0 Å². The summed E-state index contributed by atoms with van der Waals surface area (Å²) in [5.74, 6) is -0.447. The molecule has 0 saturated heterocycles. The summed E-state index contributed by atoms with van der Waals surface area (Å²) >= 11 is 5.79. The van der Waals surface area contributed by atoms with E-state index in [1.165, 1.54) is 6.92 Å². The molecule has 5 heteroatoms. The second kappa shape index (κ2) is 6.41. The molecule has 0 saturated carbocycles. The second-order valence-corrected chi connectivity index (χ2v) is 8.30. The number of hydrogen-bond acceptors (Lipinski definition) is 3. The molecule has 0 aliphatic carbocycles. The lowest BCUT2D eigenvalue weighted by molar-refractivity contribution is 0.0819. The minimum atomic E-state index is -3.46. The Morgan fingerprint density at radius 3 is 2.14 bits per heavy atom. The average Bonchev–Trinajstić information content (AvgIpc) is 2.40. The van der Waals surface area contributed by atoms with Crippen LogP contribution in [0.25, 0.3) is 0 Å². The fourth-order valence-electron chi connectivity index (χ4n) is 2.31. The van der Waals surface area contributed by atoms with Gasteiger partial charge in [-0.2, -0.15) is 0 Å². The molecule has 0 aliphatic rings. The zero-order chi connectivity index (χ0) is 16.4. The Labute approximate surface area is 136 Å². The molecule has 0 unspecified atom stereocenters. The highest BCUT2D eigenvalue weighted by atomic mass is 35.5. The van der Waals surface area contributed by atoms with Gasteiger partial charge in [0, 0.05) is 5.02 Å². The summed E-state index contributed by atoms with van der Waals surface area (Å²) in [6, 6.07) is 13.9. The van der Waals surface area contributed by atoms with Gasteiger partial charge in [0.1, 0.15) is 5.60 Å². The summed E-state index contributed by atoms with van der Waals surface area (Å²) in [6.07, 6.45) is 0. The van der Waals surface area contributed by atoms with Crippen LogP contribution in [0.15, 0.2) is 48.5 Å². The largest absolute Gasteiger partial charge is 0.384 e. The van der Waals surface area contributed by atoms with Crippen molar-refractivity contribution in [2.45, 2.75) is 25.2 Å². The highest BCUT2D eigenvalue weighted by Crippen LogP contribution is 2.24. The fourth-order valence-corrected chi connectivity index (χ4v) is 4.26. The molecule has 2 rings (SSSR count). The van der Waals surface area contributed by atoms with E-state index in [1.54, 1.807) is 36.4 Å². The maximum atomic E-state index is 12.3. The number of aliphatic hydroxyl groups is 1. The van der Waals surface area contributed by atoms with E-state index in [2.05, 4.69) is 0 Å². The standard InChI is InChI=1S/C17H19ClO3S/c1-13-3-7-15(8-4-13)17(2,19)12-22(20,21)11-14-5-9-16(18)10-6-14/h3-10,19H,11-12H2,1-2H3/t17-/m1/s1. The molecule has 0 spiro atoms. The second-order valence-electron chi connectivity index (χ2n) is 5.80. The van der Waals surface area contributed by atoms with E-state index < -0.39 is 15.4 Å². The predicted molar refractivity (Wildman–Crippen MR) is 89.7 cm³/mol. The van der Waals surface area contributed by atoms with Gasteiger partial charge >= 0.3 is 0 Å². The number of hydrogen-bond donors (Lipinski definition) is 1. The SMILES string of the molecule is Cc1ccc([C@](C)(O)CS(=O)(=O)Cc2ccc(Cl)cc2)cc1. The lowest BCUT2D eigenvalue weighted by atomic mass is 9.97. The summed E-state index contributed by atoms with van der Waals surface area (Å²) in [6.45, 7) is 3.47. The van der Waals surface area contributed by atoms with Crippen molar-refractivity contribution in [3.63, 3.8) is 0 Å². The Morgan fingerprint density at radius 1 is 1.05 bits per heavy atom. The van der Waals surface area contributed by atoms with Crippen LogP contribution in [0.4, 0.5) is 0 Å². The molecular weight excluding hydrogens is 320 g/mol. The first-order valence-corrected chi connectivity index (χ1v) is 9.12. The van der Waals surface area contributed by atoms with Crippen molar-refractivity contribution in [1.29, 1.82) is 0 Å². The third kappa shape index (κ3) is 4.57. The molecule has 22 heavy (non-hydrogen) atoms. The van der Waals surface area contributed by atoms with E-state index in [0.717, 1.165) is 5.56 Å². The molecule has 2 aromatic carbocycles. The van der Waals surface area contributed by atoms with E-state index in [4.69, 9.17) is 11.6 Å². The minimum absolute atomic E-state index is 0.119. The highest BCUT2D eigenvalue weighted by Gasteiger charge is 2.30. The van der Waals surface area contributed by atoms with Gasteiger partial charge in [-0.1, -0.05) is 53.6 Å². The zero-order valence-corrected chi connectivity index (χ0v) is 14.2. The topological polar surface area (TPSA) is 54.4 Å². The molecule has 3 nitrogen and oxygen atoms in total. The third-order valence-electron chi connectivity index (χ3n) is 3.47. The van der Waals surface area contributed by atoms with E-state index in [9.17, 15) is 13.5 Å². The van der Waals surface area contributed by atoms with Crippen LogP contribution in [-0.2, 0) is 21.2 Å². The van der Waals surface area contributed by atoms with Crippen molar-refractivity contribution >= 4 is 21.4 Å². The van der Waals surface area contributed by atoms with Crippen molar-refractivity contribution in [2.24, 2.45) is 0 Å². The maximum Gasteiger partial charge on any atom is 0.157 e.